The van der Waals surface area contributed by atoms with E-state index >= 15 is 0 Å². The molecule has 0 amide bonds. The Bertz CT molecular complexity index is 1650. The van der Waals surface area contributed by atoms with Crippen molar-refractivity contribution in [1.29, 1.82) is 0 Å². The Balaban J connectivity index is 5.25. The van der Waals surface area contributed by atoms with E-state index in [1.54, 1.807) is 0 Å². The minimum Gasteiger partial charge on any atom is -0.462 e. The highest BCUT2D eigenvalue weighted by Crippen LogP contribution is 2.45. The predicted molar refractivity (Wildman–Crippen MR) is 340 cm³/mol. The molecule has 0 bridgehead atoms. The van der Waals surface area contributed by atoms with Gasteiger partial charge in [-0.25, -0.2) is 9.13 Å². The van der Waals surface area contributed by atoms with Gasteiger partial charge >= 0.3 is 39.5 Å². The fourth-order valence-corrected chi connectivity index (χ4v) is 11.5. The third-order valence-corrected chi connectivity index (χ3v) is 17.5. The molecular weight excluding hydrogens is 1130 g/mol. The molecule has 0 heterocycles. The van der Waals surface area contributed by atoms with Crippen molar-refractivity contribution in [3.8, 4) is 0 Å². The van der Waals surface area contributed by atoms with Gasteiger partial charge in [0, 0.05) is 25.7 Å². The summed E-state index contributed by atoms with van der Waals surface area (Å²) in [5.74, 6) is -1.40. The molecule has 0 spiro atoms. The van der Waals surface area contributed by atoms with E-state index in [1.807, 2.05) is 0 Å². The van der Waals surface area contributed by atoms with Crippen LogP contribution >= 0.6 is 15.6 Å². The van der Waals surface area contributed by atoms with Crippen molar-refractivity contribution in [3.63, 3.8) is 0 Å². The van der Waals surface area contributed by atoms with Crippen molar-refractivity contribution in [2.24, 2.45) is 5.92 Å². The first-order valence-corrected chi connectivity index (χ1v) is 37.7. The number of esters is 4. The summed E-state index contributed by atoms with van der Waals surface area (Å²) in [6.07, 6.45) is 44.3. The third-order valence-electron chi connectivity index (χ3n) is 15.6. The maximum atomic E-state index is 13.0. The molecule has 0 aliphatic carbocycles. The zero-order valence-corrected chi connectivity index (χ0v) is 56.5. The number of aliphatic hydroxyl groups is 1. The molecule has 504 valence electrons. The Morgan fingerprint density at radius 1 is 0.329 bits per heavy atom. The number of hydrogen-bond acceptors (Lipinski definition) is 15. The van der Waals surface area contributed by atoms with Gasteiger partial charge in [0.05, 0.1) is 26.4 Å². The second-order valence-corrected chi connectivity index (χ2v) is 27.0. The Labute approximate surface area is 517 Å². The molecule has 3 unspecified atom stereocenters. The SMILES string of the molecule is CCCCCCCCCCCCCCC(=O)OC[C@H](COP(=O)(O)OC[C@@H](O)COP(=O)(O)OC[C@@H](COC(=O)CCCCCCCCC(C)CC)OC(=O)CCCCCCCCCCCCC)OC(=O)CCCCCCCCCCCCCC. The third kappa shape index (κ3) is 59.5. The van der Waals surface area contributed by atoms with Gasteiger partial charge in [0.1, 0.15) is 19.3 Å². The monoisotopic (exact) mass is 1250 g/mol. The van der Waals surface area contributed by atoms with Gasteiger partial charge in [-0.2, -0.15) is 0 Å². The van der Waals surface area contributed by atoms with Crippen molar-refractivity contribution in [1.82, 2.24) is 0 Å². The van der Waals surface area contributed by atoms with Crippen molar-refractivity contribution in [3.05, 3.63) is 0 Å². The molecule has 0 fully saturated rings. The molecular formula is C66H128O17P2. The Morgan fingerprint density at radius 2 is 0.565 bits per heavy atom. The molecule has 0 aliphatic heterocycles. The predicted octanol–water partition coefficient (Wildman–Crippen LogP) is 18.6. The van der Waals surface area contributed by atoms with E-state index in [0.29, 0.717) is 25.7 Å². The molecule has 0 rings (SSSR count). The molecule has 6 atom stereocenters. The number of ether oxygens (including phenoxy) is 4. The summed E-state index contributed by atoms with van der Waals surface area (Å²) in [6, 6.07) is 0. The second-order valence-electron chi connectivity index (χ2n) is 24.1. The molecule has 3 N–H and O–H groups in total. The van der Waals surface area contributed by atoms with Crippen LogP contribution in [-0.2, 0) is 65.4 Å². The number of phosphoric ester groups is 2. The smallest absolute Gasteiger partial charge is 0.462 e. The van der Waals surface area contributed by atoms with Gasteiger partial charge < -0.3 is 33.8 Å². The van der Waals surface area contributed by atoms with Crippen LogP contribution in [0.1, 0.15) is 336 Å². The lowest BCUT2D eigenvalue weighted by molar-refractivity contribution is -0.161. The molecule has 19 heteroatoms. The van der Waals surface area contributed by atoms with Crippen molar-refractivity contribution < 1.29 is 80.2 Å². The van der Waals surface area contributed by atoms with Gasteiger partial charge in [0.25, 0.3) is 0 Å². The Morgan fingerprint density at radius 3 is 0.835 bits per heavy atom. The standard InChI is InChI=1S/C66H128O17P2/c1-6-10-13-16-19-22-25-28-30-33-39-44-49-63(68)76-55-61(82-66(71)52-47-42-35-32-29-26-23-20-17-14-11-7-2)57-80-84(72,73)78-53-60(67)54-79-85(74,75)81-58-62(56-77-64(69)50-45-40-37-36-38-43-48-59(5)9-4)83-65(70)51-46-41-34-31-27-24-21-18-15-12-8-3/h59-62,67H,6-58H2,1-5H3,(H,72,73)(H,74,75)/t59?,60-,61-,62-/m1/s1. The first kappa shape index (κ1) is 83.1. The van der Waals surface area contributed by atoms with Crippen LogP contribution in [0.15, 0.2) is 0 Å². The lowest BCUT2D eigenvalue weighted by Gasteiger charge is -2.21. The molecule has 17 nitrogen and oxygen atoms in total. The number of carbonyl (C=O) groups excluding carboxylic acids is 4. The van der Waals surface area contributed by atoms with Crippen LogP contribution in [0.2, 0.25) is 0 Å². The number of rotatable bonds is 66. The van der Waals surface area contributed by atoms with Gasteiger partial charge in [-0.05, 0) is 31.6 Å². The van der Waals surface area contributed by atoms with Gasteiger partial charge in [0.2, 0.25) is 0 Å². The summed E-state index contributed by atoms with van der Waals surface area (Å²) >= 11 is 0. The quantitative estimate of drug-likeness (QED) is 0.0222. The van der Waals surface area contributed by atoms with Crippen LogP contribution in [-0.4, -0.2) is 96.7 Å². The molecule has 0 aromatic carbocycles. The summed E-state index contributed by atoms with van der Waals surface area (Å²) in [7, 11) is -9.89. The maximum Gasteiger partial charge on any atom is 0.472 e. The van der Waals surface area contributed by atoms with Gasteiger partial charge in [-0.15, -0.1) is 0 Å². The molecule has 0 saturated heterocycles. The van der Waals surface area contributed by atoms with Gasteiger partial charge in [0.15, 0.2) is 12.2 Å². The van der Waals surface area contributed by atoms with E-state index in [0.717, 1.165) is 102 Å². The lowest BCUT2D eigenvalue weighted by Crippen LogP contribution is -2.30. The average molecular weight is 1260 g/mol. The summed E-state index contributed by atoms with van der Waals surface area (Å²) in [5.41, 5.74) is 0. The number of hydrogen-bond donors (Lipinski definition) is 3. The molecule has 0 aliphatic rings. The first-order chi connectivity index (χ1) is 41.1. The highest BCUT2D eigenvalue weighted by molar-refractivity contribution is 7.47. The van der Waals surface area contributed by atoms with Crippen LogP contribution < -0.4 is 0 Å². The van der Waals surface area contributed by atoms with E-state index < -0.39 is 97.5 Å². The lowest BCUT2D eigenvalue weighted by atomic mass is 10.00. The van der Waals surface area contributed by atoms with E-state index in [2.05, 4.69) is 34.6 Å². The van der Waals surface area contributed by atoms with Crippen molar-refractivity contribution in [2.45, 2.75) is 355 Å². The summed E-state index contributed by atoms with van der Waals surface area (Å²) in [5, 5.41) is 10.6. The highest BCUT2D eigenvalue weighted by atomic mass is 31.2. The fraction of sp³-hybridized carbons (Fsp3) is 0.939. The highest BCUT2D eigenvalue weighted by Gasteiger charge is 2.30. The van der Waals surface area contributed by atoms with Crippen LogP contribution in [0.5, 0.6) is 0 Å². The molecule has 0 aromatic rings. The van der Waals surface area contributed by atoms with E-state index in [1.165, 1.54) is 154 Å². The number of carbonyl (C=O) groups is 4. The summed E-state index contributed by atoms with van der Waals surface area (Å²) in [4.78, 5) is 72.3. The average Bonchev–Trinajstić information content (AvgIpc) is 3.58. The van der Waals surface area contributed by atoms with Crippen LogP contribution in [0.25, 0.3) is 0 Å². The van der Waals surface area contributed by atoms with E-state index in [-0.39, 0.29) is 25.7 Å². The Kier molecular flexibility index (Phi) is 58.3. The maximum absolute atomic E-state index is 13.0. The molecule has 0 radical (unpaired) electrons. The van der Waals surface area contributed by atoms with Gasteiger partial charge in [-0.3, -0.25) is 37.3 Å². The van der Waals surface area contributed by atoms with E-state index in [9.17, 15) is 43.2 Å². The largest absolute Gasteiger partial charge is 0.472 e. The summed E-state index contributed by atoms with van der Waals surface area (Å²) < 4.78 is 68.1. The number of aliphatic hydroxyl groups excluding tert-OH is 1. The second kappa shape index (κ2) is 59.7. The van der Waals surface area contributed by atoms with Crippen molar-refractivity contribution >= 4 is 39.5 Å². The van der Waals surface area contributed by atoms with Gasteiger partial charge in [-0.1, -0.05) is 285 Å². The first-order valence-electron chi connectivity index (χ1n) is 34.7. The molecule has 0 saturated carbocycles. The topological polar surface area (TPSA) is 237 Å². The minimum absolute atomic E-state index is 0.106. The minimum atomic E-state index is -4.94. The molecule has 85 heavy (non-hydrogen) atoms. The summed E-state index contributed by atoms with van der Waals surface area (Å²) in [6.45, 7) is 7.17. The fourth-order valence-electron chi connectivity index (χ4n) is 9.90. The Hall–Kier alpha value is -1.94. The van der Waals surface area contributed by atoms with E-state index in [4.69, 9.17) is 37.0 Å². The normalized spacial score (nSPS) is 14.5. The molecule has 0 aromatic heterocycles. The number of unbranched alkanes of at least 4 members (excludes halogenated alkanes) is 37. The van der Waals surface area contributed by atoms with Crippen molar-refractivity contribution in [2.75, 3.05) is 39.6 Å². The van der Waals surface area contributed by atoms with Crippen LogP contribution in [0.3, 0.4) is 0 Å². The zero-order valence-electron chi connectivity index (χ0n) is 54.7. The number of phosphoric acid groups is 2. The zero-order chi connectivity index (χ0) is 62.8. The van der Waals surface area contributed by atoms with Crippen LogP contribution in [0.4, 0.5) is 0 Å². The van der Waals surface area contributed by atoms with Crippen LogP contribution in [0, 0.1) is 5.92 Å².